The van der Waals surface area contributed by atoms with Gasteiger partial charge in [-0.05, 0) is 35.4 Å². The minimum absolute atomic E-state index is 0.352. The molecule has 1 fully saturated rings. The summed E-state index contributed by atoms with van der Waals surface area (Å²) >= 11 is 1.99. The molecule has 1 aliphatic carbocycles. The highest BCUT2D eigenvalue weighted by Crippen LogP contribution is 2.41. The topological polar surface area (TPSA) is 25.8 Å². The number of rotatable bonds is 2. The van der Waals surface area contributed by atoms with Gasteiger partial charge in [0, 0.05) is 12.3 Å². The molecule has 1 heterocycles. The van der Waals surface area contributed by atoms with Gasteiger partial charge in [0.25, 0.3) is 0 Å². The van der Waals surface area contributed by atoms with Gasteiger partial charge in [0.1, 0.15) is 5.82 Å². The lowest BCUT2D eigenvalue weighted by Crippen LogP contribution is -2.04. The van der Waals surface area contributed by atoms with Crippen molar-refractivity contribution in [2.75, 3.05) is 0 Å². The minimum atomic E-state index is -0.352. The van der Waals surface area contributed by atoms with Crippen molar-refractivity contribution in [2.24, 2.45) is 0 Å². The molecule has 0 amide bonds. The number of aryl methyl sites for hydroxylation is 1. The maximum atomic E-state index is 13.3. The van der Waals surface area contributed by atoms with Crippen LogP contribution < -0.4 is 0 Å². The molecule has 0 radical (unpaired) electrons. The van der Waals surface area contributed by atoms with E-state index in [-0.39, 0.29) is 5.95 Å². The molecule has 0 unspecified atom stereocenters. The molecule has 70 valence electrons. The van der Waals surface area contributed by atoms with E-state index in [4.69, 9.17) is 0 Å². The van der Waals surface area contributed by atoms with Crippen LogP contribution in [0.3, 0.4) is 0 Å². The van der Waals surface area contributed by atoms with E-state index in [1.54, 1.807) is 0 Å². The van der Waals surface area contributed by atoms with Gasteiger partial charge in [-0.3, -0.25) is 0 Å². The number of aromatic nitrogens is 2. The normalized spacial score (nSPS) is 16.2. The molecule has 0 aliphatic heterocycles. The van der Waals surface area contributed by atoms with E-state index < -0.39 is 0 Å². The Balaban J connectivity index is 2.46. The third-order valence-electron chi connectivity index (χ3n) is 2.16. The Hall–Kier alpha value is -0.260. The van der Waals surface area contributed by atoms with Crippen LogP contribution in [-0.2, 0) is 6.42 Å². The van der Waals surface area contributed by atoms with E-state index in [0.29, 0.717) is 21.7 Å². The van der Waals surface area contributed by atoms with E-state index in [0.717, 1.165) is 18.5 Å². The largest absolute Gasteiger partial charge is 0.236 e. The lowest BCUT2D eigenvalue weighted by atomic mass is 10.3. The zero-order valence-corrected chi connectivity index (χ0v) is 9.51. The first-order chi connectivity index (χ1) is 6.22. The molecule has 4 heteroatoms. The number of hydrogen-bond donors (Lipinski definition) is 0. The lowest BCUT2D eigenvalue weighted by molar-refractivity contribution is 0.556. The summed E-state index contributed by atoms with van der Waals surface area (Å²) in [5.41, 5.74) is 0.921. The average molecular weight is 292 g/mol. The smallest absolute Gasteiger partial charge is 0.229 e. The van der Waals surface area contributed by atoms with E-state index in [2.05, 4.69) is 9.97 Å². The van der Waals surface area contributed by atoms with Gasteiger partial charge in [-0.25, -0.2) is 9.97 Å². The van der Waals surface area contributed by atoms with Crippen LogP contribution in [0, 0.1) is 9.52 Å². The Kier molecular flexibility index (Phi) is 2.49. The van der Waals surface area contributed by atoms with Crippen LogP contribution in [0.4, 0.5) is 4.39 Å². The Morgan fingerprint density at radius 3 is 2.69 bits per heavy atom. The molecule has 0 saturated heterocycles. The van der Waals surface area contributed by atoms with Crippen LogP contribution in [0.1, 0.15) is 37.2 Å². The molecule has 1 aromatic heterocycles. The highest BCUT2D eigenvalue weighted by Gasteiger charge is 2.29. The highest BCUT2D eigenvalue weighted by atomic mass is 127. The summed E-state index contributed by atoms with van der Waals surface area (Å²) in [6.07, 6.45) is 3.00. The van der Waals surface area contributed by atoms with Gasteiger partial charge in [-0.2, -0.15) is 4.39 Å². The van der Waals surface area contributed by atoms with Crippen LogP contribution in [0.25, 0.3) is 0 Å². The summed E-state index contributed by atoms with van der Waals surface area (Å²) in [4.78, 5) is 8.13. The molecular weight excluding hydrogens is 282 g/mol. The summed E-state index contributed by atoms with van der Waals surface area (Å²) in [6.45, 7) is 1.94. The summed E-state index contributed by atoms with van der Waals surface area (Å²) in [5, 5.41) is 0. The summed E-state index contributed by atoms with van der Waals surface area (Å²) < 4.78 is 13.9. The monoisotopic (exact) mass is 292 g/mol. The molecule has 0 bridgehead atoms. The van der Waals surface area contributed by atoms with Crippen molar-refractivity contribution < 1.29 is 4.39 Å². The van der Waals surface area contributed by atoms with Gasteiger partial charge in [0.2, 0.25) is 5.95 Å². The summed E-state index contributed by atoms with van der Waals surface area (Å²) in [5.74, 6) is 0.767. The summed E-state index contributed by atoms with van der Waals surface area (Å²) in [6, 6.07) is 0. The molecule has 0 atom stereocenters. The number of hydrogen-bond acceptors (Lipinski definition) is 2. The SMILES string of the molecule is CCc1nc(F)c(I)c(C2CC2)n1. The molecule has 2 nitrogen and oxygen atoms in total. The Morgan fingerprint density at radius 1 is 1.46 bits per heavy atom. The van der Waals surface area contributed by atoms with Gasteiger partial charge >= 0.3 is 0 Å². The molecule has 1 saturated carbocycles. The standard InChI is InChI=1S/C9H10FIN2/c1-2-6-12-8(5-3-4-5)7(11)9(10)13-6/h5H,2-4H2,1H3. The predicted molar refractivity (Wildman–Crippen MR) is 56.1 cm³/mol. The van der Waals surface area contributed by atoms with Crippen molar-refractivity contribution in [1.29, 1.82) is 0 Å². The quantitative estimate of drug-likeness (QED) is 0.618. The maximum absolute atomic E-state index is 13.3. The second kappa shape index (κ2) is 3.48. The molecule has 1 aromatic rings. The summed E-state index contributed by atoms with van der Waals surface area (Å²) in [7, 11) is 0. The molecule has 0 aromatic carbocycles. The van der Waals surface area contributed by atoms with E-state index in [1.807, 2.05) is 29.5 Å². The fourth-order valence-electron chi connectivity index (χ4n) is 1.27. The Labute approximate surface area is 90.1 Å². The first kappa shape index (κ1) is 9.30. The van der Waals surface area contributed by atoms with E-state index >= 15 is 0 Å². The van der Waals surface area contributed by atoms with Crippen molar-refractivity contribution in [3.8, 4) is 0 Å². The zero-order valence-electron chi connectivity index (χ0n) is 7.35. The van der Waals surface area contributed by atoms with Gasteiger partial charge < -0.3 is 0 Å². The second-order valence-electron chi connectivity index (χ2n) is 3.26. The predicted octanol–water partition coefficient (Wildman–Crippen LogP) is 2.66. The van der Waals surface area contributed by atoms with Crippen molar-refractivity contribution in [3.63, 3.8) is 0 Å². The fourth-order valence-corrected chi connectivity index (χ4v) is 1.95. The van der Waals surface area contributed by atoms with Crippen molar-refractivity contribution in [2.45, 2.75) is 32.1 Å². The maximum Gasteiger partial charge on any atom is 0.229 e. The zero-order chi connectivity index (χ0) is 9.42. The van der Waals surface area contributed by atoms with Gasteiger partial charge in [-0.1, -0.05) is 6.92 Å². The molecular formula is C9H10FIN2. The first-order valence-electron chi connectivity index (χ1n) is 4.44. The lowest BCUT2D eigenvalue weighted by Gasteiger charge is -2.04. The van der Waals surface area contributed by atoms with Crippen LogP contribution in [0.15, 0.2) is 0 Å². The Bertz CT molecular complexity index is 337. The van der Waals surface area contributed by atoms with Gasteiger partial charge in [0.05, 0.1) is 9.26 Å². The first-order valence-corrected chi connectivity index (χ1v) is 5.52. The molecule has 2 rings (SSSR count). The third kappa shape index (κ3) is 1.82. The van der Waals surface area contributed by atoms with Crippen LogP contribution >= 0.6 is 22.6 Å². The number of nitrogens with zero attached hydrogens (tertiary/aromatic N) is 2. The van der Waals surface area contributed by atoms with Crippen LogP contribution in [0.2, 0.25) is 0 Å². The van der Waals surface area contributed by atoms with Crippen molar-refractivity contribution >= 4 is 22.6 Å². The highest BCUT2D eigenvalue weighted by molar-refractivity contribution is 14.1. The molecule has 1 aliphatic rings. The minimum Gasteiger partial charge on any atom is -0.236 e. The number of halogens is 2. The van der Waals surface area contributed by atoms with Gasteiger partial charge in [0.15, 0.2) is 0 Å². The third-order valence-corrected chi connectivity index (χ3v) is 3.16. The van der Waals surface area contributed by atoms with Crippen LogP contribution in [-0.4, -0.2) is 9.97 Å². The average Bonchev–Trinajstić information content (AvgIpc) is 2.92. The van der Waals surface area contributed by atoms with Gasteiger partial charge in [-0.15, -0.1) is 0 Å². The van der Waals surface area contributed by atoms with Crippen molar-refractivity contribution in [1.82, 2.24) is 9.97 Å². The van der Waals surface area contributed by atoms with E-state index in [1.165, 1.54) is 0 Å². The fraction of sp³-hybridized carbons (Fsp3) is 0.556. The van der Waals surface area contributed by atoms with E-state index in [9.17, 15) is 4.39 Å². The molecule has 13 heavy (non-hydrogen) atoms. The molecule has 0 N–H and O–H groups in total. The van der Waals surface area contributed by atoms with Crippen molar-refractivity contribution in [3.05, 3.63) is 21.0 Å². The Morgan fingerprint density at radius 2 is 2.15 bits per heavy atom. The van der Waals surface area contributed by atoms with Crippen LogP contribution in [0.5, 0.6) is 0 Å². The molecule has 0 spiro atoms. The second-order valence-corrected chi connectivity index (χ2v) is 4.34.